The van der Waals surface area contributed by atoms with Crippen LogP contribution in [0.3, 0.4) is 0 Å². The number of imidazole rings is 2. The summed E-state index contributed by atoms with van der Waals surface area (Å²) in [5.41, 5.74) is 6.09. The van der Waals surface area contributed by atoms with Gasteiger partial charge in [0.05, 0.1) is 11.4 Å². The molecule has 0 N–H and O–H groups in total. The lowest BCUT2D eigenvalue weighted by molar-refractivity contribution is 1.19. The van der Waals surface area contributed by atoms with Gasteiger partial charge in [0.15, 0.2) is 0 Å². The van der Waals surface area contributed by atoms with Crippen LogP contribution in [0.25, 0.3) is 33.8 Å². The molecule has 4 aromatic heterocycles. The molecule has 0 aliphatic carbocycles. The van der Waals surface area contributed by atoms with Crippen LogP contribution in [0.4, 0.5) is 0 Å². The Morgan fingerprint density at radius 3 is 1.45 bits per heavy atom. The fraction of sp³-hybridized carbons (Fsp3) is 0. The minimum absolute atomic E-state index is 0.947. The molecule has 2 aromatic carbocycles. The largest absolute Gasteiger partial charge is 0.306 e. The minimum atomic E-state index is 0.947. The van der Waals surface area contributed by atoms with Gasteiger partial charge in [-0.05, 0) is 36.4 Å². The summed E-state index contributed by atoms with van der Waals surface area (Å²) < 4.78 is 4.11. The first kappa shape index (κ1) is 18.0. The first-order valence-corrected chi connectivity index (χ1v) is 10.9. The average Bonchev–Trinajstić information content (AvgIpc) is 3.44. The number of fused-ring (bicyclic) bond motifs is 2. The SMILES string of the molecule is c1ccc(-c2cn3ccccc3n2)c(Sc2ccccc2-c2cn3ccccc3n2)c1. The van der Waals surface area contributed by atoms with Gasteiger partial charge in [-0.3, -0.25) is 0 Å². The summed E-state index contributed by atoms with van der Waals surface area (Å²) in [5, 5.41) is 0. The molecular weight excluding hydrogens is 400 g/mol. The highest BCUT2D eigenvalue weighted by molar-refractivity contribution is 7.99. The predicted octanol–water partition coefficient (Wildman–Crippen LogP) is 6.47. The molecule has 0 aliphatic heterocycles. The quantitative estimate of drug-likeness (QED) is 0.329. The van der Waals surface area contributed by atoms with Gasteiger partial charge in [-0.15, -0.1) is 0 Å². The molecule has 0 spiro atoms. The molecule has 0 radical (unpaired) electrons. The van der Waals surface area contributed by atoms with Gasteiger partial charge in [0.25, 0.3) is 0 Å². The molecule has 6 rings (SSSR count). The number of aromatic nitrogens is 4. The molecule has 5 heteroatoms. The van der Waals surface area contributed by atoms with Crippen molar-refractivity contribution in [1.29, 1.82) is 0 Å². The van der Waals surface area contributed by atoms with E-state index < -0.39 is 0 Å². The number of nitrogens with zero attached hydrogens (tertiary/aromatic N) is 4. The normalized spacial score (nSPS) is 11.4. The zero-order chi connectivity index (χ0) is 20.6. The van der Waals surface area contributed by atoms with Crippen molar-refractivity contribution >= 4 is 23.1 Å². The lowest BCUT2D eigenvalue weighted by Gasteiger charge is -2.10. The van der Waals surface area contributed by atoms with Gasteiger partial charge in [0.2, 0.25) is 0 Å². The van der Waals surface area contributed by atoms with Crippen LogP contribution in [0.2, 0.25) is 0 Å². The molecular formula is C26H18N4S. The molecule has 0 fully saturated rings. The van der Waals surface area contributed by atoms with Gasteiger partial charge in [-0.2, -0.15) is 0 Å². The summed E-state index contributed by atoms with van der Waals surface area (Å²) in [6.45, 7) is 0. The van der Waals surface area contributed by atoms with Gasteiger partial charge in [0, 0.05) is 45.7 Å². The minimum Gasteiger partial charge on any atom is -0.306 e. The number of hydrogen-bond donors (Lipinski definition) is 0. The van der Waals surface area contributed by atoms with E-state index in [2.05, 4.69) is 69.7 Å². The second kappa shape index (κ2) is 7.45. The Labute approximate surface area is 183 Å². The topological polar surface area (TPSA) is 34.6 Å². The molecule has 0 unspecified atom stereocenters. The van der Waals surface area contributed by atoms with E-state index >= 15 is 0 Å². The third-order valence-electron chi connectivity index (χ3n) is 5.27. The lowest BCUT2D eigenvalue weighted by Crippen LogP contribution is -1.86. The smallest absolute Gasteiger partial charge is 0.137 e. The van der Waals surface area contributed by atoms with E-state index in [0.717, 1.165) is 33.8 Å². The van der Waals surface area contributed by atoms with Crippen molar-refractivity contribution in [1.82, 2.24) is 18.8 Å². The Balaban J connectivity index is 1.43. The summed E-state index contributed by atoms with van der Waals surface area (Å²) in [7, 11) is 0. The number of hydrogen-bond acceptors (Lipinski definition) is 3. The molecule has 148 valence electrons. The van der Waals surface area contributed by atoms with Crippen LogP contribution in [0, 0.1) is 0 Å². The molecule has 0 atom stereocenters. The van der Waals surface area contributed by atoms with Crippen LogP contribution in [0.5, 0.6) is 0 Å². The summed E-state index contributed by atoms with van der Waals surface area (Å²) >= 11 is 1.75. The van der Waals surface area contributed by atoms with Crippen molar-refractivity contribution in [2.24, 2.45) is 0 Å². The molecule has 0 amide bonds. The lowest BCUT2D eigenvalue weighted by atomic mass is 10.2. The fourth-order valence-electron chi connectivity index (χ4n) is 3.78. The first-order valence-electron chi connectivity index (χ1n) is 10.1. The molecule has 4 nitrogen and oxygen atoms in total. The molecule has 0 aliphatic rings. The number of benzene rings is 2. The summed E-state index contributed by atoms with van der Waals surface area (Å²) in [6, 6.07) is 29.0. The Kier molecular flexibility index (Phi) is 4.32. The van der Waals surface area contributed by atoms with Gasteiger partial charge in [-0.25, -0.2) is 9.97 Å². The number of pyridine rings is 2. The van der Waals surface area contributed by atoms with E-state index in [-0.39, 0.29) is 0 Å². The van der Waals surface area contributed by atoms with Crippen molar-refractivity contribution in [3.63, 3.8) is 0 Å². The van der Waals surface area contributed by atoms with Crippen molar-refractivity contribution < 1.29 is 0 Å². The summed E-state index contributed by atoms with van der Waals surface area (Å²) in [5.74, 6) is 0. The van der Waals surface area contributed by atoms with E-state index in [1.165, 1.54) is 9.79 Å². The molecule has 31 heavy (non-hydrogen) atoms. The van der Waals surface area contributed by atoms with Gasteiger partial charge in [-0.1, -0.05) is 60.3 Å². The summed E-state index contributed by atoms with van der Waals surface area (Å²) in [4.78, 5) is 12.0. The molecule has 6 aromatic rings. The third-order valence-corrected chi connectivity index (χ3v) is 6.43. The zero-order valence-corrected chi connectivity index (χ0v) is 17.4. The second-order valence-electron chi connectivity index (χ2n) is 7.28. The van der Waals surface area contributed by atoms with Crippen molar-refractivity contribution in [3.05, 3.63) is 110 Å². The monoisotopic (exact) mass is 418 g/mol. The Hall–Kier alpha value is -3.83. The molecule has 0 bridgehead atoms. The third kappa shape index (κ3) is 3.29. The van der Waals surface area contributed by atoms with Gasteiger partial charge < -0.3 is 8.80 Å². The van der Waals surface area contributed by atoms with Crippen molar-refractivity contribution in [2.75, 3.05) is 0 Å². The highest BCUT2D eigenvalue weighted by atomic mass is 32.2. The van der Waals surface area contributed by atoms with E-state index in [1.54, 1.807) is 11.8 Å². The van der Waals surface area contributed by atoms with E-state index in [0.29, 0.717) is 0 Å². The summed E-state index contributed by atoms with van der Waals surface area (Å²) in [6.07, 6.45) is 8.23. The van der Waals surface area contributed by atoms with E-state index in [4.69, 9.17) is 9.97 Å². The van der Waals surface area contributed by atoms with Crippen LogP contribution in [0.1, 0.15) is 0 Å². The van der Waals surface area contributed by atoms with Crippen LogP contribution in [-0.2, 0) is 0 Å². The average molecular weight is 419 g/mol. The Morgan fingerprint density at radius 2 is 0.968 bits per heavy atom. The highest BCUT2D eigenvalue weighted by Crippen LogP contribution is 2.40. The predicted molar refractivity (Wildman–Crippen MR) is 125 cm³/mol. The Morgan fingerprint density at radius 1 is 0.516 bits per heavy atom. The van der Waals surface area contributed by atoms with Crippen LogP contribution in [0.15, 0.2) is 120 Å². The highest BCUT2D eigenvalue weighted by Gasteiger charge is 2.14. The standard InChI is InChI=1S/C26H18N4S/c1-3-11-23(19(9-1)21-17-29-15-7-5-13-25(29)27-21)31-24-12-4-2-10-20(24)22-18-30-16-8-6-14-26(30)28-22/h1-18H. The molecule has 4 heterocycles. The second-order valence-corrected chi connectivity index (χ2v) is 8.36. The van der Waals surface area contributed by atoms with Gasteiger partial charge in [0.1, 0.15) is 11.3 Å². The molecule has 0 saturated heterocycles. The van der Waals surface area contributed by atoms with E-state index in [9.17, 15) is 0 Å². The van der Waals surface area contributed by atoms with Gasteiger partial charge >= 0.3 is 0 Å². The van der Waals surface area contributed by atoms with Crippen molar-refractivity contribution in [2.45, 2.75) is 9.79 Å². The van der Waals surface area contributed by atoms with E-state index in [1.807, 2.05) is 48.8 Å². The molecule has 0 saturated carbocycles. The van der Waals surface area contributed by atoms with Crippen LogP contribution >= 0.6 is 11.8 Å². The first-order chi connectivity index (χ1) is 15.3. The maximum Gasteiger partial charge on any atom is 0.137 e. The zero-order valence-electron chi connectivity index (χ0n) is 16.6. The number of rotatable bonds is 4. The van der Waals surface area contributed by atoms with Crippen LogP contribution < -0.4 is 0 Å². The Bertz CT molecular complexity index is 1350. The maximum absolute atomic E-state index is 4.83. The van der Waals surface area contributed by atoms with Crippen LogP contribution in [-0.4, -0.2) is 18.8 Å². The van der Waals surface area contributed by atoms with Crippen molar-refractivity contribution in [3.8, 4) is 22.5 Å². The maximum atomic E-state index is 4.83. The fourth-order valence-corrected chi connectivity index (χ4v) is 4.88.